The van der Waals surface area contributed by atoms with E-state index in [-0.39, 0.29) is 18.3 Å². The maximum Gasteiger partial charge on any atom is 0.308 e. The maximum absolute atomic E-state index is 13.7. The summed E-state index contributed by atoms with van der Waals surface area (Å²) in [6.07, 6.45) is 1.84. The number of carbonyl (C=O) groups is 2. The minimum atomic E-state index is -0.923. The summed E-state index contributed by atoms with van der Waals surface area (Å²) in [5.41, 5.74) is -0.00199. The fourth-order valence-electron chi connectivity index (χ4n) is 2.60. The highest BCUT2D eigenvalue weighted by Gasteiger charge is 2.51. The van der Waals surface area contributed by atoms with Gasteiger partial charge in [-0.3, -0.25) is 9.59 Å². The van der Waals surface area contributed by atoms with Gasteiger partial charge in [0.05, 0.1) is 11.3 Å². The zero-order valence-electron chi connectivity index (χ0n) is 12.3. The molecule has 0 bridgehead atoms. The van der Waals surface area contributed by atoms with E-state index in [1.54, 1.807) is 32.2 Å². The number of carboxylic acids is 1. The number of rotatable bonds is 6. The van der Waals surface area contributed by atoms with E-state index in [0.29, 0.717) is 12.0 Å². The van der Waals surface area contributed by atoms with Crippen LogP contribution < -0.4 is 0 Å². The maximum atomic E-state index is 13.7. The van der Waals surface area contributed by atoms with Crippen LogP contribution in [0.1, 0.15) is 25.3 Å². The Bertz CT molecular complexity index is 554. The molecule has 1 aromatic rings. The van der Waals surface area contributed by atoms with Gasteiger partial charge in [0, 0.05) is 13.6 Å². The minimum absolute atomic E-state index is 0.0844. The van der Waals surface area contributed by atoms with Crippen LogP contribution in [0.4, 0.5) is 4.39 Å². The van der Waals surface area contributed by atoms with E-state index >= 15 is 0 Å². The molecular formula is C16H20FNO3. The largest absolute Gasteiger partial charge is 0.481 e. The topological polar surface area (TPSA) is 57.6 Å². The van der Waals surface area contributed by atoms with Gasteiger partial charge in [-0.1, -0.05) is 25.1 Å². The lowest BCUT2D eigenvalue weighted by Crippen LogP contribution is -2.39. The molecule has 0 radical (unpaired) electrons. The summed E-state index contributed by atoms with van der Waals surface area (Å²) in [5, 5.41) is 8.92. The highest BCUT2D eigenvalue weighted by atomic mass is 19.1. The van der Waals surface area contributed by atoms with Gasteiger partial charge in [-0.15, -0.1) is 0 Å². The first-order valence-electron chi connectivity index (χ1n) is 7.07. The summed E-state index contributed by atoms with van der Waals surface area (Å²) in [6, 6.07) is 6.48. The lowest BCUT2D eigenvalue weighted by Gasteiger charge is -2.25. The smallest absolute Gasteiger partial charge is 0.308 e. The minimum Gasteiger partial charge on any atom is -0.481 e. The van der Waals surface area contributed by atoms with Crippen molar-refractivity contribution < 1.29 is 19.1 Å². The summed E-state index contributed by atoms with van der Waals surface area (Å²) in [5.74, 6) is -1.91. The van der Waals surface area contributed by atoms with Crippen molar-refractivity contribution in [1.82, 2.24) is 4.90 Å². The number of halogens is 1. The van der Waals surface area contributed by atoms with E-state index in [2.05, 4.69) is 0 Å². The van der Waals surface area contributed by atoms with Crippen LogP contribution in [0.15, 0.2) is 24.3 Å². The average molecular weight is 293 g/mol. The monoisotopic (exact) mass is 293 g/mol. The predicted octanol–water partition coefficient (Wildman–Crippen LogP) is 2.33. The molecule has 0 saturated heterocycles. The van der Waals surface area contributed by atoms with Crippen molar-refractivity contribution in [2.24, 2.45) is 11.3 Å². The van der Waals surface area contributed by atoms with Gasteiger partial charge >= 0.3 is 5.97 Å². The predicted molar refractivity (Wildman–Crippen MR) is 76.2 cm³/mol. The van der Waals surface area contributed by atoms with Gasteiger partial charge in [0.15, 0.2) is 0 Å². The molecule has 0 aromatic heterocycles. The first-order chi connectivity index (χ1) is 9.85. The third-order valence-electron chi connectivity index (χ3n) is 4.11. The van der Waals surface area contributed by atoms with Crippen LogP contribution in [-0.4, -0.2) is 35.5 Å². The van der Waals surface area contributed by atoms with Crippen LogP contribution in [0.3, 0.4) is 0 Å². The van der Waals surface area contributed by atoms with Gasteiger partial charge in [-0.25, -0.2) is 4.39 Å². The van der Waals surface area contributed by atoms with E-state index in [4.69, 9.17) is 5.11 Å². The van der Waals surface area contributed by atoms with Gasteiger partial charge in [0.2, 0.25) is 5.91 Å². The van der Waals surface area contributed by atoms with Crippen LogP contribution in [0.25, 0.3) is 0 Å². The number of carbonyl (C=O) groups excluding carboxylic acids is 1. The quantitative estimate of drug-likeness (QED) is 0.875. The van der Waals surface area contributed by atoms with E-state index in [9.17, 15) is 14.0 Å². The van der Waals surface area contributed by atoms with Crippen molar-refractivity contribution in [2.45, 2.75) is 26.2 Å². The molecule has 1 unspecified atom stereocenters. The first kappa shape index (κ1) is 15.5. The molecule has 1 amide bonds. The Hall–Kier alpha value is -1.91. The Balaban J connectivity index is 2.05. The van der Waals surface area contributed by atoms with Gasteiger partial charge in [0.25, 0.3) is 0 Å². The summed E-state index contributed by atoms with van der Waals surface area (Å²) in [6.45, 7) is 1.75. The molecule has 21 heavy (non-hydrogen) atoms. The summed E-state index contributed by atoms with van der Waals surface area (Å²) >= 11 is 0. The van der Waals surface area contributed by atoms with Crippen LogP contribution in [-0.2, 0) is 16.0 Å². The fraction of sp³-hybridized carbons (Fsp3) is 0.500. The Labute approximate surface area is 123 Å². The number of hydrogen-bond donors (Lipinski definition) is 1. The van der Waals surface area contributed by atoms with Crippen molar-refractivity contribution >= 4 is 11.9 Å². The van der Waals surface area contributed by atoms with Crippen LogP contribution in [0.5, 0.6) is 0 Å². The summed E-state index contributed by atoms with van der Waals surface area (Å²) in [4.78, 5) is 24.8. The molecule has 1 saturated carbocycles. The summed E-state index contributed by atoms with van der Waals surface area (Å²) < 4.78 is 13.7. The van der Waals surface area contributed by atoms with Crippen molar-refractivity contribution in [3.63, 3.8) is 0 Å². The molecule has 5 heteroatoms. The molecule has 0 heterocycles. The first-order valence-corrected chi connectivity index (χ1v) is 7.07. The van der Waals surface area contributed by atoms with E-state index in [0.717, 1.165) is 12.8 Å². The number of amides is 1. The molecule has 1 N–H and O–H groups in total. The van der Waals surface area contributed by atoms with Gasteiger partial charge in [-0.2, -0.15) is 0 Å². The molecule has 4 nitrogen and oxygen atoms in total. The van der Waals surface area contributed by atoms with Gasteiger partial charge in [0.1, 0.15) is 5.82 Å². The van der Waals surface area contributed by atoms with E-state index in [1.807, 2.05) is 0 Å². The lowest BCUT2D eigenvalue weighted by molar-refractivity contribution is -0.143. The van der Waals surface area contributed by atoms with E-state index < -0.39 is 17.3 Å². The van der Waals surface area contributed by atoms with Gasteiger partial charge < -0.3 is 10.0 Å². The molecule has 0 aliphatic heterocycles. The second-order valence-corrected chi connectivity index (χ2v) is 5.97. The SMILES string of the molecule is CC(CN(C)C(=O)C1(Cc2ccccc2F)CC1)C(=O)O. The van der Waals surface area contributed by atoms with Crippen molar-refractivity contribution in [2.75, 3.05) is 13.6 Å². The zero-order chi connectivity index (χ0) is 15.6. The highest BCUT2D eigenvalue weighted by Crippen LogP contribution is 2.50. The second-order valence-electron chi connectivity index (χ2n) is 5.97. The number of nitrogens with zero attached hydrogens (tertiary/aromatic N) is 1. The number of aliphatic carboxylic acids is 1. The molecule has 1 aromatic carbocycles. The third-order valence-corrected chi connectivity index (χ3v) is 4.11. The number of hydrogen-bond acceptors (Lipinski definition) is 2. The molecule has 114 valence electrons. The normalized spacial score (nSPS) is 17.1. The Morgan fingerprint density at radius 1 is 1.38 bits per heavy atom. The second kappa shape index (κ2) is 5.84. The molecule has 1 aliphatic rings. The van der Waals surface area contributed by atoms with Crippen LogP contribution in [0.2, 0.25) is 0 Å². The zero-order valence-corrected chi connectivity index (χ0v) is 12.3. The molecule has 1 aliphatic carbocycles. The lowest BCUT2D eigenvalue weighted by atomic mass is 9.94. The van der Waals surface area contributed by atoms with Crippen molar-refractivity contribution in [3.8, 4) is 0 Å². The molecule has 2 rings (SSSR count). The van der Waals surface area contributed by atoms with E-state index in [1.165, 1.54) is 11.0 Å². The van der Waals surface area contributed by atoms with Crippen molar-refractivity contribution in [3.05, 3.63) is 35.6 Å². The van der Waals surface area contributed by atoms with Crippen LogP contribution >= 0.6 is 0 Å². The molecular weight excluding hydrogens is 273 g/mol. The standard InChI is InChI=1S/C16H20FNO3/c1-11(14(19)20)10-18(2)15(21)16(7-8-16)9-12-5-3-4-6-13(12)17/h3-6,11H,7-10H2,1-2H3,(H,19,20). The fourth-order valence-corrected chi connectivity index (χ4v) is 2.60. The van der Waals surface area contributed by atoms with Crippen molar-refractivity contribution in [1.29, 1.82) is 0 Å². The molecule has 0 spiro atoms. The Morgan fingerprint density at radius 2 is 2.00 bits per heavy atom. The average Bonchev–Trinajstić information content (AvgIpc) is 3.21. The molecule has 1 atom stereocenters. The Kier molecular flexibility index (Phi) is 4.30. The van der Waals surface area contributed by atoms with Gasteiger partial charge in [-0.05, 0) is 30.9 Å². The number of benzene rings is 1. The molecule has 1 fully saturated rings. The highest BCUT2D eigenvalue weighted by molar-refractivity contribution is 5.86. The number of carboxylic acid groups (broad SMARTS) is 1. The third kappa shape index (κ3) is 3.40. The Morgan fingerprint density at radius 3 is 2.52 bits per heavy atom. The summed E-state index contributed by atoms with van der Waals surface area (Å²) in [7, 11) is 1.61. The van der Waals surface area contributed by atoms with Crippen LogP contribution in [0, 0.1) is 17.2 Å².